The van der Waals surface area contributed by atoms with E-state index >= 15 is 0 Å². The van der Waals surface area contributed by atoms with Gasteiger partial charge < -0.3 is 10.1 Å². The van der Waals surface area contributed by atoms with Crippen LogP contribution in [0.5, 0.6) is 5.75 Å². The first kappa shape index (κ1) is 13.2. The SMILES string of the molecule is CCC(Nc1ccc(Cl)c(OC)c1)c1cccs1. The van der Waals surface area contributed by atoms with E-state index in [9.17, 15) is 0 Å². The number of hydrogen-bond acceptors (Lipinski definition) is 3. The Kier molecular flexibility index (Phi) is 4.50. The summed E-state index contributed by atoms with van der Waals surface area (Å²) in [5, 5.41) is 6.24. The van der Waals surface area contributed by atoms with Gasteiger partial charge in [-0.1, -0.05) is 24.6 Å². The molecule has 96 valence electrons. The van der Waals surface area contributed by atoms with Gasteiger partial charge in [-0.05, 0) is 30.0 Å². The zero-order valence-corrected chi connectivity index (χ0v) is 12.0. The number of methoxy groups -OCH3 is 1. The van der Waals surface area contributed by atoms with Crippen molar-refractivity contribution >= 4 is 28.6 Å². The molecule has 1 aromatic heterocycles. The smallest absolute Gasteiger partial charge is 0.139 e. The standard InChI is InChI=1S/C14H16ClNOS/c1-3-12(14-5-4-8-18-14)16-10-6-7-11(15)13(9-10)17-2/h4-9,12,16H,3H2,1-2H3. The minimum atomic E-state index is 0.330. The highest BCUT2D eigenvalue weighted by Gasteiger charge is 2.11. The summed E-state index contributed by atoms with van der Waals surface area (Å²) in [6.07, 6.45) is 1.03. The number of hydrogen-bond donors (Lipinski definition) is 1. The van der Waals surface area contributed by atoms with Crippen LogP contribution in [0.15, 0.2) is 35.7 Å². The molecular weight excluding hydrogens is 266 g/mol. The molecule has 1 atom stereocenters. The number of anilines is 1. The summed E-state index contributed by atoms with van der Waals surface area (Å²) in [5.41, 5.74) is 1.02. The minimum Gasteiger partial charge on any atom is -0.495 e. The van der Waals surface area contributed by atoms with Gasteiger partial charge in [0.05, 0.1) is 18.2 Å². The molecule has 0 amide bonds. The molecule has 0 saturated carbocycles. The van der Waals surface area contributed by atoms with Gasteiger partial charge in [-0.15, -0.1) is 11.3 Å². The lowest BCUT2D eigenvalue weighted by atomic mass is 10.1. The van der Waals surface area contributed by atoms with Crippen molar-refractivity contribution in [3.8, 4) is 5.75 Å². The molecule has 4 heteroatoms. The van der Waals surface area contributed by atoms with Crippen LogP contribution >= 0.6 is 22.9 Å². The Morgan fingerprint density at radius 3 is 2.83 bits per heavy atom. The van der Waals surface area contributed by atoms with E-state index in [0.29, 0.717) is 16.8 Å². The molecule has 0 spiro atoms. The average Bonchev–Trinajstić information content (AvgIpc) is 2.91. The van der Waals surface area contributed by atoms with E-state index in [1.807, 2.05) is 18.2 Å². The molecule has 2 aromatic rings. The molecule has 1 N–H and O–H groups in total. The summed E-state index contributed by atoms with van der Waals surface area (Å²) in [5.74, 6) is 0.697. The normalized spacial score (nSPS) is 12.2. The van der Waals surface area contributed by atoms with Crippen LogP contribution in [0.25, 0.3) is 0 Å². The van der Waals surface area contributed by atoms with Gasteiger partial charge in [0.1, 0.15) is 5.75 Å². The van der Waals surface area contributed by atoms with Gasteiger partial charge in [-0.2, -0.15) is 0 Å². The van der Waals surface area contributed by atoms with Crippen LogP contribution in [-0.2, 0) is 0 Å². The molecule has 0 radical (unpaired) electrons. The number of nitrogens with one attached hydrogen (secondary N) is 1. The maximum atomic E-state index is 6.02. The summed E-state index contributed by atoms with van der Waals surface area (Å²) in [7, 11) is 1.63. The van der Waals surface area contributed by atoms with E-state index < -0.39 is 0 Å². The van der Waals surface area contributed by atoms with Crippen LogP contribution in [0.1, 0.15) is 24.3 Å². The van der Waals surface area contributed by atoms with E-state index in [2.05, 4.69) is 29.8 Å². The molecular formula is C14H16ClNOS. The fourth-order valence-electron chi connectivity index (χ4n) is 1.81. The Balaban J connectivity index is 2.17. The molecule has 0 bridgehead atoms. The number of halogens is 1. The lowest BCUT2D eigenvalue weighted by Crippen LogP contribution is -2.08. The van der Waals surface area contributed by atoms with Crippen LogP contribution < -0.4 is 10.1 Å². The van der Waals surface area contributed by atoms with Crippen LogP contribution in [0.3, 0.4) is 0 Å². The quantitative estimate of drug-likeness (QED) is 0.835. The van der Waals surface area contributed by atoms with E-state index in [4.69, 9.17) is 16.3 Å². The molecule has 0 saturated heterocycles. The molecule has 1 unspecified atom stereocenters. The highest BCUT2D eigenvalue weighted by molar-refractivity contribution is 7.10. The van der Waals surface area contributed by atoms with Crippen molar-refractivity contribution in [1.29, 1.82) is 0 Å². The number of rotatable bonds is 5. The molecule has 1 heterocycles. The van der Waals surface area contributed by atoms with Gasteiger partial charge in [0.25, 0.3) is 0 Å². The molecule has 0 aliphatic heterocycles. The highest BCUT2D eigenvalue weighted by atomic mass is 35.5. The average molecular weight is 282 g/mol. The van der Waals surface area contributed by atoms with Gasteiger partial charge in [0.15, 0.2) is 0 Å². The number of thiophene rings is 1. The molecule has 18 heavy (non-hydrogen) atoms. The lowest BCUT2D eigenvalue weighted by molar-refractivity contribution is 0.415. The first-order valence-corrected chi connectivity index (χ1v) is 7.13. The van der Waals surface area contributed by atoms with Crippen molar-refractivity contribution in [2.24, 2.45) is 0 Å². The van der Waals surface area contributed by atoms with Crippen molar-refractivity contribution in [3.63, 3.8) is 0 Å². The Hall–Kier alpha value is -1.19. The third-order valence-corrected chi connectivity index (χ3v) is 4.09. The lowest BCUT2D eigenvalue weighted by Gasteiger charge is -2.17. The summed E-state index contributed by atoms with van der Waals surface area (Å²) >= 11 is 7.78. The molecule has 0 aliphatic rings. The van der Waals surface area contributed by atoms with E-state index in [1.54, 1.807) is 18.4 Å². The van der Waals surface area contributed by atoms with Crippen LogP contribution in [0, 0.1) is 0 Å². The number of benzene rings is 1. The Labute approximate surface area is 117 Å². The zero-order chi connectivity index (χ0) is 13.0. The monoisotopic (exact) mass is 281 g/mol. The van der Waals surface area contributed by atoms with Crippen molar-refractivity contribution in [1.82, 2.24) is 0 Å². The Morgan fingerprint density at radius 2 is 2.22 bits per heavy atom. The topological polar surface area (TPSA) is 21.3 Å². The Bertz CT molecular complexity index is 499. The molecule has 2 nitrogen and oxygen atoms in total. The van der Waals surface area contributed by atoms with Gasteiger partial charge in [0, 0.05) is 16.6 Å². The first-order valence-electron chi connectivity index (χ1n) is 5.88. The minimum absolute atomic E-state index is 0.330. The van der Waals surface area contributed by atoms with Crippen molar-refractivity contribution in [2.75, 3.05) is 12.4 Å². The summed E-state index contributed by atoms with van der Waals surface area (Å²) in [4.78, 5) is 1.34. The summed E-state index contributed by atoms with van der Waals surface area (Å²) in [6.45, 7) is 2.17. The predicted octanol–water partition coefficient (Wildman–Crippen LogP) is 4.97. The van der Waals surface area contributed by atoms with Crippen molar-refractivity contribution < 1.29 is 4.74 Å². The van der Waals surface area contributed by atoms with E-state index in [-0.39, 0.29) is 0 Å². The van der Waals surface area contributed by atoms with Crippen LogP contribution in [0.2, 0.25) is 5.02 Å². The molecule has 1 aromatic carbocycles. The second-order valence-corrected chi connectivity index (χ2v) is 5.36. The highest BCUT2D eigenvalue weighted by Crippen LogP contribution is 2.31. The second kappa shape index (κ2) is 6.12. The van der Waals surface area contributed by atoms with E-state index in [0.717, 1.165) is 12.1 Å². The largest absolute Gasteiger partial charge is 0.495 e. The van der Waals surface area contributed by atoms with Crippen LogP contribution in [0.4, 0.5) is 5.69 Å². The fraction of sp³-hybridized carbons (Fsp3) is 0.286. The zero-order valence-electron chi connectivity index (χ0n) is 10.4. The van der Waals surface area contributed by atoms with Gasteiger partial charge >= 0.3 is 0 Å². The van der Waals surface area contributed by atoms with Crippen molar-refractivity contribution in [3.05, 3.63) is 45.6 Å². The van der Waals surface area contributed by atoms with Gasteiger partial charge in [-0.25, -0.2) is 0 Å². The van der Waals surface area contributed by atoms with Crippen molar-refractivity contribution in [2.45, 2.75) is 19.4 Å². The fourth-order valence-corrected chi connectivity index (χ4v) is 2.87. The maximum absolute atomic E-state index is 6.02. The third-order valence-electron chi connectivity index (χ3n) is 2.79. The molecule has 0 fully saturated rings. The molecule has 0 aliphatic carbocycles. The summed E-state index contributed by atoms with van der Waals surface area (Å²) < 4.78 is 5.22. The second-order valence-electron chi connectivity index (χ2n) is 3.97. The summed E-state index contributed by atoms with van der Waals surface area (Å²) in [6, 6.07) is 10.3. The Morgan fingerprint density at radius 1 is 1.39 bits per heavy atom. The maximum Gasteiger partial charge on any atom is 0.139 e. The van der Waals surface area contributed by atoms with Gasteiger partial charge in [0.2, 0.25) is 0 Å². The van der Waals surface area contributed by atoms with E-state index in [1.165, 1.54) is 4.88 Å². The third kappa shape index (κ3) is 2.98. The van der Waals surface area contributed by atoms with Gasteiger partial charge in [-0.3, -0.25) is 0 Å². The predicted molar refractivity (Wildman–Crippen MR) is 79.0 cm³/mol. The van der Waals surface area contributed by atoms with Crippen LogP contribution in [-0.4, -0.2) is 7.11 Å². The first-order chi connectivity index (χ1) is 8.74. The number of ether oxygens (including phenoxy) is 1. The molecule has 2 rings (SSSR count).